The van der Waals surface area contributed by atoms with Gasteiger partial charge in [-0.05, 0) is 36.0 Å². The van der Waals surface area contributed by atoms with Gasteiger partial charge in [-0.3, -0.25) is 0 Å². The van der Waals surface area contributed by atoms with Crippen LogP contribution in [-0.4, -0.2) is 12.4 Å². The van der Waals surface area contributed by atoms with E-state index in [1.54, 1.807) is 12.1 Å². The Morgan fingerprint density at radius 2 is 1.17 bits per heavy atom. The van der Waals surface area contributed by atoms with Crippen LogP contribution >= 0.6 is 0 Å². The predicted molar refractivity (Wildman–Crippen MR) is 95.2 cm³/mol. The molecule has 0 N–H and O–H groups in total. The Morgan fingerprint density at radius 3 is 1.54 bits per heavy atom. The summed E-state index contributed by atoms with van der Waals surface area (Å²) in [4.78, 5) is 5.65. The fourth-order valence-electron chi connectivity index (χ4n) is 2.13. The van der Waals surface area contributed by atoms with Crippen LogP contribution in [0.25, 0.3) is 20.9 Å². The SMILES string of the molecule is Cc1cccc(/C=N/N=C/c2cccc(C)c2N=[N+]=[N-])c1N=[N+]=[N-]. The van der Waals surface area contributed by atoms with E-state index >= 15 is 0 Å². The lowest BCUT2D eigenvalue weighted by Crippen LogP contribution is -1.86. The lowest BCUT2D eigenvalue weighted by Gasteiger charge is -2.02. The zero-order valence-corrected chi connectivity index (χ0v) is 13.2. The van der Waals surface area contributed by atoms with E-state index in [0.29, 0.717) is 22.5 Å². The number of hydrogen-bond acceptors (Lipinski definition) is 4. The Bertz CT molecular complexity index is 825. The highest BCUT2D eigenvalue weighted by molar-refractivity contribution is 5.90. The van der Waals surface area contributed by atoms with Gasteiger partial charge in [0.1, 0.15) is 0 Å². The van der Waals surface area contributed by atoms with Gasteiger partial charge in [0.15, 0.2) is 0 Å². The molecule has 0 saturated heterocycles. The molecule has 0 heterocycles. The number of nitrogens with zero attached hydrogens (tertiary/aromatic N) is 8. The Morgan fingerprint density at radius 1 is 0.750 bits per heavy atom. The molecule has 118 valence electrons. The second-order valence-corrected chi connectivity index (χ2v) is 4.89. The number of rotatable bonds is 5. The van der Waals surface area contributed by atoms with Crippen LogP contribution in [0.5, 0.6) is 0 Å². The van der Waals surface area contributed by atoms with E-state index in [1.165, 1.54) is 12.4 Å². The van der Waals surface area contributed by atoms with Crippen molar-refractivity contribution in [3.05, 3.63) is 79.5 Å². The minimum Gasteiger partial charge on any atom is -0.159 e. The molecule has 0 spiro atoms. The van der Waals surface area contributed by atoms with Gasteiger partial charge in [0.2, 0.25) is 0 Å². The fourth-order valence-corrected chi connectivity index (χ4v) is 2.13. The Hall–Kier alpha value is -3.60. The molecule has 2 aromatic carbocycles. The van der Waals surface area contributed by atoms with Gasteiger partial charge >= 0.3 is 0 Å². The first kappa shape index (κ1) is 16.8. The largest absolute Gasteiger partial charge is 0.159 e. The summed E-state index contributed by atoms with van der Waals surface area (Å²) in [5.41, 5.74) is 21.4. The van der Waals surface area contributed by atoms with Crippen LogP contribution in [0.3, 0.4) is 0 Å². The van der Waals surface area contributed by atoms with Gasteiger partial charge in [-0.2, -0.15) is 10.2 Å². The molecule has 0 aliphatic rings. The molecule has 0 atom stereocenters. The second kappa shape index (κ2) is 8.14. The maximum atomic E-state index is 8.64. The average Bonchev–Trinajstić information content (AvgIpc) is 2.57. The van der Waals surface area contributed by atoms with Crippen LogP contribution in [0.1, 0.15) is 22.3 Å². The molecule has 0 aliphatic carbocycles. The third-order valence-corrected chi connectivity index (χ3v) is 3.29. The van der Waals surface area contributed by atoms with Crippen LogP contribution in [0, 0.1) is 13.8 Å². The molecule has 0 bridgehead atoms. The van der Waals surface area contributed by atoms with Crippen LogP contribution in [0.2, 0.25) is 0 Å². The van der Waals surface area contributed by atoms with E-state index in [2.05, 4.69) is 30.3 Å². The molecule has 2 rings (SSSR count). The Labute approximate surface area is 138 Å². The minimum absolute atomic E-state index is 0.518. The van der Waals surface area contributed by atoms with Gasteiger partial charge in [-0.25, -0.2) is 0 Å². The molecular formula is C16H14N8. The maximum absolute atomic E-state index is 8.64. The van der Waals surface area contributed by atoms with Gasteiger partial charge in [0.25, 0.3) is 0 Å². The van der Waals surface area contributed by atoms with Gasteiger partial charge in [-0.1, -0.05) is 46.6 Å². The molecular weight excluding hydrogens is 304 g/mol. The van der Waals surface area contributed by atoms with E-state index in [4.69, 9.17) is 11.1 Å². The lowest BCUT2D eigenvalue weighted by molar-refractivity contribution is 1.26. The zero-order valence-electron chi connectivity index (χ0n) is 13.2. The smallest absolute Gasteiger partial charge is 0.0572 e. The van der Waals surface area contributed by atoms with Gasteiger partial charge in [0, 0.05) is 32.3 Å². The lowest BCUT2D eigenvalue weighted by atomic mass is 10.1. The van der Waals surface area contributed by atoms with Crippen molar-refractivity contribution in [1.29, 1.82) is 0 Å². The van der Waals surface area contributed by atoms with E-state index in [1.807, 2.05) is 38.1 Å². The summed E-state index contributed by atoms with van der Waals surface area (Å²) in [5.74, 6) is 0. The Kier molecular flexibility index (Phi) is 5.69. The molecule has 8 heteroatoms. The van der Waals surface area contributed by atoms with Crippen molar-refractivity contribution >= 4 is 23.8 Å². The zero-order chi connectivity index (χ0) is 17.4. The first-order valence-corrected chi connectivity index (χ1v) is 7.03. The van der Waals surface area contributed by atoms with Crippen molar-refractivity contribution in [1.82, 2.24) is 0 Å². The second-order valence-electron chi connectivity index (χ2n) is 4.89. The van der Waals surface area contributed by atoms with Crippen LogP contribution in [0.15, 0.2) is 56.8 Å². The molecule has 0 fully saturated rings. The van der Waals surface area contributed by atoms with E-state index < -0.39 is 0 Å². The van der Waals surface area contributed by atoms with Crippen LogP contribution in [0.4, 0.5) is 11.4 Å². The first-order chi connectivity index (χ1) is 11.7. The number of azide groups is 2. The van der Waals surface area contributed by atoms with Crippen molar-refractivity contribution in [3.8, 4) is 0 Å². The van der Waals surface area contributed by atoms with Gasteiger partial charge in [-0.15, -0.1) is 0 Å². The van der Waals surface area contributed by atoms with E-state index in [0.717, 1.165) is 11.1 Å². The van der Waals surface area contributed by atoms with Crippen molar-refractivity contribution < 1.29 is 0 Å². The molecule has 0 radical (unpaired) electrons. The molecule has 24 heavy (non-hydrogen) atoms. The van der Waals surface area contributed by atoms with Crippen molar-refractivity contribution in [2.45, 2.75) is 13.8 Å². The maximum Gasteiger partial charge on any atom is 0.0572 e. The summed E-state index contributed by atoms with van der Waals surface area (Å²) in [7, 11) is 0. The summed E-state index contributed by atoms with van der Waals surface area (Å²) in [6.45, 7) is 3.70. The van der Waals surface area contributed by atoms with Crippen LogP contribution in [-0.2, 0) is 0 Å². The molecule has 8 nitrogen and oxygen atoms in total. The highest BCUT2D eigenvalue weighted by Crippen LogP contribution is 2.23. The fraction of sp³-hybridized carbons (Fsp3) is 0.125. The van der Waals surface area contributed by atoms with Crippen molar-refractivity contribution in [3.63, 3.8) is 0 Å². The van der Waals surface area contributed by atoms with Crippen LogP contribution < -0.4 is 0 Å². The summed E-state index contributed by atoms with van der Waals surface area (Å²) < 4.78 is 0. The molecule has 0 amide bonds. The molecule has 0 saturated carbocycles. The van der Waals surface area contributed by atoms with Gasteiger partial charge < -0.3 is 0 Å². The quantitative estimate of drug-likeness (QED) is 0.222. The summed E-state index contributed by atoms with van der Waals surface area (Å²) in [6, 6.07) is 11.0. The summed E-state index contributed by atoms with van der Waals surface area (Å²) in [6.07, 6.45) is 3.02. The molecule has 0 unspecified atom stereocenters. The average molecular weight is 318 g/mol. The third-order valence-electron chi connectivity index (χ3n) is 3.29. The first-order valence-electron chi connectivity index (χ1n) is 7.03. The minimum atomic E-state index is 0.518. The molecule has 2 aromatic rings. The number of aryl methyl sites for hydroxylation is 2. The van der Waals surface area contributed by atoms with Crippen molar-refractivity contribution in [2.24, 2.45) is 20.4 Å². The normalized spacial score (nSPS) is 10.6. The number of benzene rings is 2. The summed E-state index contributed by atoms with van der Waals surface area (Å²) in [5, 5.41) is 15.3. The van der Waals surface area contributed by atoms with Crippen molar-refractivity contribution in [2.75, 3.05) is 0 Å². The third kappa shape index (κ3) is 3.98. The molecule has 0 aliphatic heterocycles. The van der Waals surface area contributed by atoms with E-state index in [9.17, 15) is 0 Å². The topological polar surface area (TPSA) is 122 Å². The Balaban J connectivity index is 2.29. The summed E-state index contributed by atoms with van der Waals surface area (Å²) >= 11 is 0. The highest BCUT2D eigenvalue weighted by Gasteiger charge is 2.02. The molecule has 0 aromatic heterocycles. The van der Waals surface area contributed by atoms with E-state index in [-0.39, 0.29) is 0 Å². The standard InChI is InChI=1S/C16H14N8/c1-11-5-3-7-13(15(11)21-23-17)9-19-20-10-14-8-4-6-12(2)16(14)22-24-18/h3-10H,1-2H3/b19-9+,20-10+. The monoisotopic (exact) mass is 318 g/mol. The number of hydrogen-bond donors (Lipinski definition) is 0. The predicted octanol–water partition coefficient (Wildman–Crippen LogP) is 5.64. The highest BCUT2D eigenvalue weighted by atomic mass is 15.2. The van der Waals surface area contributed by atoms with Gasteiger partial charge in [0.05, 0.1) is 12.4 Å².